The highest BCUT2D eigenvalue weighted by molar-refractivity contribution is 6.36. The first-order valence-corrected chi connectivity index (χ1v) is 6.96. The van der Waals surface area contributed by atoms with E-state index in [1.54, 1.807) is 18.2 Å². The van der Waals surface area contributed by atoms with Crippen LogP contribution < -0.4 is 5.73 Å². The first-order valence-electron chi connectivity index (χ1n) is 6.58. The molecule has 5 heteroatoms. The highest BCUT2D eigenvalue weighted by atomic mass is 35.5. The van der Waals surface area contributed by atoms with Gasteiger partial charge in [0, 0.05) is 32.2 Å². The molecule has 4 nitrogen and oxygen atoms in total. The van der Waals surface area contributed by atoms with Crippen molar-refractivity contribution in [1.29, 1.82) is 0 Å². The number of hydrogen-bond donors (Lipinski definition) is 1. The summed E-state index contributed by atoms with van der Waals surface area (Å²) in [5.41, 5.74) is 6.69. The molecule has 1 heterocycles. The second kappa shape index (κ2) is 5.80. The Balaban J connectivity index is 2.07. The number of nitrogens with zero attached hydrogens (tertiary/aromatic N) is 2. The van der Waals surface area contributed by atoms with Crippen LogP contribution in [0.4, 0.5) is 5.69 Å². The average molecular weight is 282 g/mol. The number of nitrogens with two attached hydrogens (primary N) is 1. The van der Waals surface area contributed by atoms with E-state index in [2.05, 4.69) is 18.7 Å². The summed E-state index contributed by atoms with van der Waals surface area (Å²) in [6, 6.07) is 5.72. The maximum atomic E-state index is 12.4. The lowest BCUT2D eigenvalue weighted by Crippen LogP contribution is -2.50. The van der Waals surface area contributed by atoms with Gasteiger partial charge >= 0.3 is 0 Å². The molecule has 0 bridgehead atoms. The van der Waals surface area contributed by atoms with Gasteiger partial charge in [-0.05, 0) is 26.0 Å². The molecule has 0 atom stereocenters. The molecule has 0 saturated carbocycles. The summed E-state index contributed by atoms with van der Waals surface area (Å²) < 4.78 is 0. The second-order valence-electron chi connectivity index (χ2n) is 5.13. The van der Waals surface area contributed by atoms with Crippen LogP contribution in [0, 0.1) is 0 Å². The number of carbonyl (C=O) groups is 1. The Morgan fingerprint density at radius 2 is 1.89 bits per heavy atom. The second-order valence-corrected chi connectivity index (χ2v) is 5.51. The summed E-state index contributed by atoms with van der Waals surface area (Å²) in [5.74, 6) is -0.0271. The summed E-state index contributed by atoms with van der Waals surface area (Å²) in [4.78, 5) is 16.6. The number of carbonyl (C=O) groups excluding carboxylic acids is 1. The molecule has 1 aliphatic rings. The standard InChI is InChI=1S/C14H20ClN3O/c1-10(2)17-6-8-18(9-7-17)14(19)11-4-3-5-12(16)13(11)15/h3-5,10H,6-9,16H2,1-2H3. The van der Waals surface area contributed by atoms with Crippen LogP contribution in [0.1, 0.15) is 24.2 Å². The lowest BCUT2D eigenvalue weighted by Gasteiger charge is -2.37. The van der Waals surface area contributed by atoms with E-state index < -0.39 is 0 Å². The molecule has 0 radical (unpaired) electrons. The number of nitrogen functional groups attached to an aromatic ring is 1. The van der Waals surface area contributed by atoms with E-state index >= 15 is 0 Å². The fourth-order valence-electron chi connectivity index (χ4n) is 2.33. The Morgan fingerprint density at radius 3 is 2.47 bits per heavy atom. The maximum Gasteiger partial charge on any atom is 0.255 e. The highest BCUT2D eigenvalue weighted by Crippen LogP contribution is 2.24. The Hall–Kier alpha value is -1.26. The molecule has 19 heavy (non-hydrogen) atoms. The summed E-state index contributed by atoms with van der Waals surface area (Å²) in [6.07, 6.45) is 0. The van der Waals surface area contributed by atoms with Gasteiger partial charge in [-0.15, -0.1) is 0 Å². The smallest absolute Gasteiger partial charge is 0.255 e. The van der Waals surface area contributed by atoms with E-state index in [9.17, 15) is 4.79 Å². The summed E-state index contributed by atoms with van der Waals surface area (Å²) >= 11 is 6.10. The molecule has 1 amide bonds. The molecule has 0 unspecified atom stereocenters. The molecule has 0 spiro atoms. The van der Waals surface area contributed by atoms with Crippen LogP contribution in [-0.2, 0) is 0 Å². The number of amides is 1. The molecule has 1 saturated heterocycles. The number of anilines is 1. The van der Waals surface area contributed by atoms with Crippen LogP contribution in [0.5, 0.6) is 0 Å². The number of piperazine rings is 1. The van der Waals surface area contributed by atoms with Crippen LogP contribution in [0.25, 0.3) is 0 Å². The van der Waals surface area contributed by atoms with Gasteiger partial charge in [0.25, 0.3) is 5.91 Å². The van der Waals surface area contributed by atoms with Crippen molar-refractivity contribution in [1.82, 2.24) is 9.80 Å². The Kier molecular flexibility index (Phi) is 4.32. The summed E-state index contributed by atoms with van der Waals surface area (Å²) in [7, 11) is 0. The Morgan fingerprint density at radius 1 is 1.26 bits per heavy atom. The molecule has 2 rings (SSSR count). The number of hydrogen-bond acceptors (Lipinski definition) is 3. The molecule has 1 aliphatic heterocycles. The van der Waals surface area contributed by atoms with Crippen molar-refractivity contribution in [3.05, 3.63) is 28.8 Å². The largest absolute Gasteiger partial charge is 0.398 e. The average Bonchev–Trinajstić information content (AvgIpc) is 2.41. The van der Waals surface area contributed by atoms with Gasteiger partial charge in [0.05, 0.1) is 16.3 Å². The van der Waals surface area contributed by atoms with Gasteiger partial charge < -0.3 is 10.6 Å². The van der Waals surface area contributed by atoms with Crippen LogP contribution in [0.15, 0.2) is 18.2 Å². The zero-order chi connectivity index (χ0) is 14.0. The van der Waals surface area contributed by atoms with Crippen molar-refractivity contribution in [3.8, 4) is 0 Å². The predicted molar refractivity (Wildman–Crippen MR) is 78.5 cm³/mol. The number of halogens is 1. The van der Waals surface area contributed by atoms with Crippen molar-refractivity contribution in [2.75, 3.05) is 31.9 Å². The monoisotopic (exact) mass is 281 g/mol. The number of benzene rings is 1. The van der Waals surface area contributed by atoms with Gasteiger partial charge in [-0.25, -0.2) is 0 Å². The Bertz CT molecular complexity index is 468. The van der Waals surface area contributed by atoms with E-state index in [0.29, 0.717) is 22.3 Å². The SMILES string of the molecule is CC(C)N1CCN(C(=O)c2cccc(N)c2Cl)CC1. The van der Waals surface area contributed by atoms with Crippen molar-refractivity contribution >= 4 is 23.2 Å². The van der Waals surface area contributed by atoms with Crippen LogP contribution >= 0.6 is 11.6 Å². The molecule has 1 aromatic carbocycles. The van der Waals surface area contributed by atoms with Crippen LogP contribution in [-0.4, -0.2) is 47.9 Å². The molecule has 2 N–H and O–H groups in total. The maximum absolute atomic E-state index is 12.4. The topological polar surface area (TPSA) is 49.6 Å². The first kappa shape index (κ1) is 14.2. The lowest BCUT2D eigenvalue weighted by molar-refractivity contribution is 0.0595. The minimum absolute atomic E-state index is 0.0271. The summed E-state index contributed by atoms with van der Waals surface area (Å²) in [5, 5.41) is 0.360. The molecule has 1 fully saturated rings. The Labute approximate surface area is 119 Å². The zero-order valence-corrected chi connectivity index (χ0v) is 12.2. The minimum Gasteiger partial charge on any atom is -0.398 e. The lowest BCUT2D eigenvalue weighted by atomic mass is 10.1. The van der Waals surface area contributed by atoms with Gasteiger partial charge in [-0.1, -0.05) is 17.7 Å². The molecular formula is C14H20ClN3O. The minimum atomic E-state index is -0.0271. The zero-order valence-electron chi connectivity index (χ0n) is 11.4. The molecule has 104 valence electrons. The third-order valence-electron chi connectivity index (χ3n) is 3.59. The van der Waals surface area contributed by atoms with Gasteiger partial charge in [0.1, 0.15) is 0 Å². The van der Waals surface area contributed by atoms with Crippen LogP contribution in [0.3, 0.4) is 0 Å². The van der Waals surface area contributed by atoms with Crippen molar-refractivity contribution in [3.63, 3.8) is 0 Å². The third kappa shape index (κ3) is 3.01. The van der Waals surface area contributed by atoms with Crippen molar-refractivity contribution < 1.29 is 4.79 Å². The van der Waals surface area contributed by atoms with Crippen molar-refractivity contribution in [2.24, 2.45) is 0 Å². The van der Waals surface area contributed by atoms with Gasteiger partial charge in [0.15, 0.2) is 0 Å². The highest BCUT2D eigenvalue weighted by Gasteiger charge is 2.24. The van der Waals surface area contributed by atoms with Gasteiger partial charge in [-0.3, -0.25) is 9.69 Å². The number of rotatable bonds is 2. The van der Waals surface area contributed by atoms with E-state index in [4.69, 9.17) is 17.3 Å². The molecule has 1 aromatic rings. The van der Waals surface area contributed by atoms with E-state index in [-0.39, 0.29) is 5.91 Å². The predicted octanol–water partition coefficient (Wildman–Crippen LogP) is 2.09. The first-order chi connectivity index (χ1) is 9.00. The van der Waals surface area contributed by atoms with E-state index in [1.165, 1.54) is 0 Å². The fraction of sp³-hybridized carbons (Fsp3) is 0.500. The molecular weight excluding hydrogens is 262 g/mol. The molecule has 0 aromatic heterocycles. The van der Waals surface area contributed by atoms with E-state index in [0.717, 1.165) is 26.2 Å². The third-order valence-corrected chi connectivity index (χ3v) is 4.01. The van der Waals surface area contributed by atoms with Crippen LogP contribution in [0.2, 0.25) is 5.02 Å². The van der Waals surface area contributed by atoms with Crippen molar-refractivity contribution in [2.45, 2.75) is 19.9 Å². The normalized spacial score (nSPS) is 16.9. The summed E-state index contributed by atoms with van der Waals surface area (Å²) in [6.45, 7) is 7.63. The van der Waals surface area contributed by atoms with Gasteiger partial charge in [-0.2, -0.15) is 0 Å². The fourth-order valence-corrected chi connectivity index (χ4v) is 2.53. The van der Waals surface area contributed by atoms with Gasteiger partial charge in [0.2, 0.25) is 0 Å². The van der Waals surface area contributed by atoms with E-state index in [1.807, 2.05) is 4.90 Å². The quantitative estimate of drug-likeness (QED) is 0.845. The molecule has 0 aliphatic carbocycles.